The van der Waals surface area contributed by atoms with Crippen LogP contribution in [0.15, 0.2) is 48.1 Å². The lowest BCUT2D eigenvalue weighted by Gasteiger charge is -2.32. The summed E-state index contributed by atoms with van der Waals surface area (Å²) in [4.78, 5) is 27.7. The Morgan fingerprint density at radius 1 is 1.23 bits per heavy atom. The molecular formula is C19H19N5OS. The van der Waals surface area contributed by atoms with Crippen molar-refractivity contribution in [2.45, 2.75) is 25.6 Å². The molecule has 7 heteroatoms. The van der Waals surface area contributed by atoms with Gasteiger partial charge in [-0.05, 0) is 30.7 Å². The highest BCUT2D eigenvalue weighted by molar-refractivity contribution is 7.13. The molecule has 1 atom stereocenters. The van der Waals surface area contributed by atoms with Crippen molar-refractivity contribution in [3.63, 3.8) is 0 Å². The van der Waals surface area contributed by atoms with E-state index >= 15 is 0 Å². The van der Waals surface area contributed by atoms with Crippen LogP contribution in [0.3, 0.4) is 0 Å². The number of carbonyl (C=O) groups is 1. The maximum absolute atomic E-state index is 12.7. The monoisotopic (exact) mass is 365 g/mol. The third-order valence-corrected chi connectivity index (χ3v) is 5.43. The van der Waals surface area contributed by atoms with E-state index in [4.69, 9.17) is 0 Å². The van der Waals surface area contributed by atoms with Gasteiger partial charge in [0.15, 0.2) is 10.8 Å². The van der Waals surface area contributed by atoms with Gasteiger partial charge in [0.25, 0.3) is 0 Å². The van der Waals surface area contributed by atoms with E-state index in [9.17, 15) is 4.79 Å². The van der Waals surface area contributed by atoms with E-state index in [-0.39, 0.29) is 11.9 Å². The molecule has 0 bridgehead atoms. The SMILES string of the molecule is CN1Cc2ccccc2CC1C(=O)NCc1csc(-c2ncccn2)n1. The second-order valence-corrected chi connectivity index (χ2v) is 7.20. The standard InChI is InChI=1S/C19H19N5OS/c1-24-11-14-6-3-2-5-13(14)9-16(24)18(25)22-10-15-12-26-19(23-15)17-20-7-4-8-21-17/h2-8,12,16H,9-11H2,1H3,(H,22,25). The average Bonchev–Trinajstić information content (AvgIpc) is 3.15. The van der Waals surface area contributed by atoms with Crippen LogP contribution in [0.5, 0.6) is 0 Å². The van der Waals surface area contributed by atoms with Gasteiger partial charge in [0.05, 0.1) is 18.3 Å². The summed E-state index contributed by atoms with van der Waals surface area (Å²) in [6.07, 6.45) is 4.13. The molecule has 1 aliphatic heterocycles. The summed E-state index contributed by atoms with van der Waals surface area (Å²) >= 11 is 1.48. The van der Waals surface area contributed by atoms with Crippen LogP contribution in [0, 0.1) is 0 Å². The average molecular weight is 365 g/mol. The predicted molar refractivity (Wildman–Crippen MR) is 100 cm³/mol. The van der Waals surface area contributed by atoms with E-state index in [1.807, 2.05) is 24.6 Å². The zero-order valence-corrected chi connectivity index (χ0v) is 15.2. The Kier molecular flexibility index (Phi) is 4.73. The minimum absolute atomic E-state index is 0.0347. The van der Waals surface area contributed by atoms with Crippen LogP contribution in [-0.4, -0.2) is 38.8 Å². The zero-order valence-electron chi connectivity index (χ0n) is 14.4. The van der Waals surface area contributed by atoms with Crippen LogP contribution in [0.1, 0.15) is 16.8 Å². The lowest BCUT2D eigenvalue weighted by molar-refractivity contribution is -0.126. The highest BCUT2D eigenvalue weighted by Gasteiger charge is 2.28. The first-order chi connectivity index (χ1) is 12.7. The van der Waals surface area contributed by atoms with Gasteiger partial charge in [0, 0.05) is 24.3 Å². The summed E-state index contributed by atoms with van der Waals surface area (Å²) in [6, 6.07) is 9.93. The number of nitrogens with one attached hydrogen (secondary N) is 1. The van der Waals surface area contributed by atoms with Gasteiger partial charge in [0.2, 0.25) is 5.91 Å². The molecular weight excluding hydrogens is 346 g/mol. The minimum atomic E-state index is -0.152. The zero-order chi connectivity index (χ0) is 17.9. The van der Waals surface area contributed by atoms with E-state index in [0.717, 1.165) is 23.7 Å². The van der Waals surface area contributed by atoms with Crippen LogP contribution < -0.4 is 5.32 Å². The molecule has 4 rings (SSSR count). The van der Waals surface area contributed by atoms with Gasteiger partial charge in [0.1, 0.15) is 0 Å². The molecule has 1 unspecified atom stereocenters. The van der Waals surface area contributed by atoms with Gasteiger partial charge in [-0.3, -0.25) is 9.69 Å². The molecule has 1 aromatic carbocycles. The molecule has 1 N–H and O–H groups in total. The second-order valence-electron chi connectivity index (χ2n) is 6.34. The fourth-order valence-corrected chi connectivity index (χ4v) is 3.91. The number of nitrogens with zero attached hydrogens (tertiary/aromatic N) is 4. The Labute approximate surface area is 155 Å². The maximum atomic E-state index is 12.7. The highest BCUT2D eigenvalue weighted by atomic mass is 32.1. The second kappa shape index (κ2) is 7.31. The first-order valence-corrected chi connectivity index (χ1v) is 9.35. The Morgan fingerprint density at radius 2 is 2.00 bits per heavy atom. The summed E-state index contributed by atoms with van der Waals surface area (Å²) in [5.74, 6) is 0.645. The molecule has 1 amide bonds. The van der Waals surface area contributed by atoms with Crippen LogP contribution in [0.4, 0.5) is 0 Å². The fraction of sp³-hybridized carbons (Fsp3) is 0.263. The first-order valence-electron chi connectivity index (χ1n) is 8.47. The maximum Gasteiger partial charge on any atom is 0.238 e. The number of hydrogen-bond donors (Lipinski definition) is 1. The van der Waals surface area contributed by atoms with Crippen molar-refractivity contribution in [3.05, 3.63) is 64.9 Å². The Hall–Kier alpha value is -2.64. The van der Waals surface area contributed by atoms with Crippen LogP contribution >= 0.6 is 11.3 Å². The Bertz CT molecular complexity index is 911. The van der Waals surface area contributed by atoms with E-state index in [1.165, 1.54) is 22.5 Å². The molecule has 0 saturated heterocycles. The number of amides is 1. The molecule has 0 spiro atoms. The van der Waals surface area contributed by atoms with Gasteiger partial charge in [-0.15, -0.1) is 11.3 Å². The van der Waals surface area contributed by atoms with E-state index in [2.05, 4.69) is 37.3 Å². The summed E-state index contributed by atoms with van der Waals surface area (Å²) in [5.41, 5.74) is 3.37. The molecule has 2 aromatic heterocycles. The predicted octanol–water partition coefficient (Wildman–Crippen LogP) is 2.27. The van der Waals surface area contributed by atoms with Gasteiger partial charge in [-0.2, -0.15) is 0 Å². The fourth-order valence-electron chi connectivity index (χ4n) is 3.14. The summed E-state index contributed by atoms with van der Waals surface area (Å²) < 4.78 is 0. The number of benzene rings is 1. The van der Waals surface area contributed by atoms with Crippen molar-refractivity contribution in [2.75, 3.05) is 7.05 Å². The molecule has 0 fully saturated rings. The first kappa shape index (κ1) is 16.8. The lowest BCUT2D eigenvalue weighted by atomic mass is 9.94. The van der Waals surface area contributed by atoms with Crippen LogP contribution in [-0.2, 0) is 24.3 Å². The Morgan fingerprint density at radius 3 is 2.81 bits per heavy atom. The van der Waals surface area contributed by atoms with Crippen molar-refractivity contribution in [2.24, 2.45) is 0 Å². The number of hydrogen-bond acceptors (Lipinski definition) is 6. The van der Waals surface area contributed by atoms with Gasteiger partial charge in [-0.25, -0.2) is 15.0 Å². The van der Waals surface area contributed by atoms with Crippen molar-refractivity contribution >= 4 is 17.2 Å². The van der Waals surface area contributed by atoms with E-state index in [0.29, 0.717) is 12.4 Å². The van der Waals surface area contributed by atoms with Crippen molar-refractivity contribution in [1.29, 1.82) is 0 Å². The molecule has 6 nitrogen and oxygen atoms in total. The molecule has 1 aliphatic rings. The van der Waals surface area contributed by atoms with E-state index < -0.39 is 0 Å². The quantitative estimate of drug-likeness (QED) is 0.768. The third kappa shape index (κ3) is 3.49. The topological polar surface area (TPSA) is 71.0 Å². The van der Waals surface area contributed by atoms with Crippen molar-refractivity contribution < 1.29 is 4.79 Å². The molecule has 0 radical (unpaired) electrons. The number of likely N-dealkylation sites (N-methyl/N-ethyl adjacent to an activating group) is 1. The Balaban J connectivity index is 1.39. The normalized spacial score (nSPS) is 16.9. The minimum Gasteiger partial charge on any atom is -0.349 e. The number of rotatable bonds is 4. The lowest BCUT2D eigenvalue weighted by Crippen LogP contribution is -2.48. The van der Waals surface area contributed by atoms with Crippen molar-refractivity contribution in [1.82, 2.24) is 25.2 Å². The number of carbonyl (C=O) groups excluding carboxylic acids is 1. The summed E-state index contributed by atoms with van der Waals surface area (Å²) in [7, 11) is 1.99. The van der Waals surface area contributed by atoms with E-state index in [1.54, 1.807) is 18.5 Å². The molecule has 26 heavy (non-hydrogen) atoms. The smallest absolute Gasteiger partial charge is 0.238 e. The molecule has 132 valence electrons. The highest BCUT2D eigenvalue weighted by Crippen LogP contribution is 2.22. The number of fused-ring (bicyclic) bond motifs is 1. The van der Waals surface area contributed by atoms with Gasteiger partial charge < -0.3 is 5.32 Å². The summed E-state index contributed by atoms with van der Waals surface area (Å²) in [6.45, 7) is 1.20. The van der Waals surface area contributed by atoms with Crippen molar-refractivity contribution in [3.8, 4) is 10.8 Å². The molecule has 3 heterocycles. The largest absolute Gasteiger partial charge is 0.349 e. The summed E-state index contributed by atoms with van der Waals surface area (Å²) in [5, 5.41) is 5.72. The number of aromatic nitrogens is 3. The van der Waals surface area contributed by atoms with Crippen LogP contribution in [0.2, 0.25) is 0 Å². The molecule has 0 aliphatic carbocycles. The van der Waals surface area contributed by atoms with Gasteiger partial charge in [-0.1, -0.05) is 24.3 Å². The molecule has 0 saturated carbocycles. The third-order valence-electron chi connectivity index (χ3n) is 4.54. The van der Waals surface area contributed by atoms with Gasteiger partial charge >= 0.3 is 0 Å². The molecule has 3 aromatic rings. The number of thiazole rings is 1. The van der Waals surface area contributed by atoms with Crippen LogP contribution in [0.25, 0.3) is 10.8 Å².